The highest BCUT2D eigenvalue weighted by Gasteiger charge is 2.23. The lowest BCUT2D eigenvalue weighted by atomic mass is 10.1. The van der Waals surface area contributed by atoms with Crippen LogP contribution in [0.15, 0.2) is 42.6 Å². The molecule has 1 unspecified atom stereocenters. The maximum Gasteiger partial charge on any atom is 0.368 e. The van der Waals surface area contributed by atoms with Gasteiger partial charge in [0, 0.05) is 6.07 Å². The molecule has 0 aliphatic heterocycles. The molecule has 2 heterocycles. The molecule has 0 fully saturated rings. The van der Waals surface area contributed by atoms with Crippen LogP contribution in [0.4, 0.5) is 11.6 Å². The Bertz CT molecular complexity index is 873. The van der Waals surface area contributed by atoms with Crippen molar-refractivity contribution in [3.8, 4) is 0 Å². The van der Waals surface area contributed by atoms with E-state index in [1.807, 2.05) is 12.1 Å². The van der Waals surface area contributed by atoms with Gasteiger partial charge in [-0.15, -0.1) is 0 Å². The lowest BCUT2D eigenvalue weighted by Gasteiger charge is -2.13. The van der Waals surface area contributed by atoms with Gasteiger partial charge in [0.25, 0.3) is 0 Å². The summed E-state index contributed by atoms with van der Waals surface area (Å²) in [6.07, 6.45) is 3.24. The summed E-state index contributed by atoms with van der Waals surface area (Å²) in [5, 5.41) is 18.6. The highest BCUT2D eigenvalue weighted by Crippen LogP contribution is 2.33. The van der Waals surface area contributed by atoms with E-state index < -0.39 is 4.92 Å². The SMILES string of the molecule is O=[N+]([O-])c1cnc2ccc(NC3CCc4ccccc43)nn12. The third kappa shape index (κ3) is 1.98. The van der Waals surface area contributed by atoms with E-state index in [0.29, 0.717) is 11.5 Å². The molecule has 3 aromatic rings. The Kier molecular flexibility index (Phi) is 2.78. The molecule has 1 aliphatic rings. The Morgan fingerprint density at radius 1 is 1.27 bits per heavy atom. The van der Waals surface area contributed by atoms with Crippen molar-refractivity contribution in [2.24, 2.45) is 0 Å². The summed E-state index contributed by atoms with van der Waals surface area (Å²) in [6.45, 7) is 0. The Morgan fingerprint density at radius 2 is 2.14 bits per heavy atom. The predicted octanol–water partition coefficient (Wildman–Crippen LogP) is 2.74. The van der Waals surface area contributed by atoms with Gasteiger partial charge in [0.05, 0.1) is 6.04 Å². The van der Waals surface area contributed by atoms with Crippen molar-refractivity contribution in [1.82, 2.24) is 14.6 Å². The van der Waals surface area contributed by atoms with Crippen LogP contribution in [0.25, 0.3) is 5.65 Å². The van der Waals surface area contributed by atoms with Crippen LogP contribution in [0.1, 0.15) is 23.6 Å². The second kappa shape index (κ2) is 4.80. The third-order valence-corrected chi connectivity index (χ3v) is 3.99. The van der Waals surface area contributed by atoms with E-state index in [0.717, 1.165) is 12.8 Å². The van der Waals surface area contributed by atoms with E-state index in [9.17, 15) is 10.1 Å². The molecular weight excluding hydrogens is 282 g/mol. The number of nitro groups is 1. The molecule has 0 bridgehead atoms. The fraction of sp³-hybridized carbons (Fsp3) is 0.200. The van der Waals surface area contributed by atoms with Crippen LogP contribution in [0, 0.1) is 10.1 Å². The first kappa shape index (κ1) is 12.8. The molecular formula is C15H13N5O2. The molecule has 0 spiro atoms. The van der Waals surface area contributed by atoms with Crippen LogP contribution in [0.5, 0.6) is 0 Å². The van der Waals surface area contributed by atoms with Gasteiger partial charge in [-0.3, -0.25) is 0 Å². The molecule has 0 saturated heterocycles. The van der Waals surface area contributed by atoms with Gasteiger partial charge in [0.15, 0.2) is 5.82 Å². The number of benzene rings is 1. The number of anilines is 1. The first-order chi connectivity index (χ1) is 10.7. The third-order valence-electron chi connectivity index (χ3n) is 3.99. The molecule has 1 aliphatic carbocycles. The molecule has 0 amide bonds. The van der Waals surface area contributed by atoms with E-state index in [2.05, 4.69) is 27.5 Å². The Labute approximate surface area is 125 Å². The minimum atomic E-state index is -0.484. The van der Waals surface area contributed by atoms with Crippen molar-refractivity contribution in [3.05, 3.63) is 63.8 Å². The van der Waals surface area contributed by atoms with Crippen molar-refractivity contribution in [3.63, 3.8) is 0 Å². The molecule has 1 atom stereocenters. The standard InChI is InChI=1S/C15H13N5O2/c21-20(22)15-9-16-14-8-7-13(18-19(14)15)17-12-6-5-10-3-1-2-4-11(10)12/h1-4,7-9,12H,5-6H2,(H,17,18). The van der Waals surface area contributed by atoms with E-state index >= 15 is 0 Å². The Morgan fingerprint density at radius 3 is 3.00 bits per heavy atom. The summed E-state index contributed by atoms with van der Waals surface area (Å²) in [5.41, 5.74) is 3.07. The van der Waals surface area contributed by atoms with Gasteiger partial charge >= 0.3 is 5.82 Å². The molecule has 7 heteroatoms. The molecule has 0 radical (unpaired) electrons. The van der Waals surface area contributed by atoms with Crippen LogP contribution in [0.3, 0.4) is 0 Å². The second-order valence-electron chi connectivity index (χ2n) is 5.30. The zero-order chi connectivity index (χ0) is 15.1. The normalized spacial score (nSPS) is 16.6. The topological polar surface area (TPSA) is 85.4 Å². The van der Waals surface area contributed by atoms with Gasteiger partial charge in [-0.05, 0) is 35.0 Å². The van der Waals surface area contributed by atoms with E-state index in [1.54, 1.807) is 12.1 Å². The Hall–Kier alpha value is -2.96. The second-order valence-corrected chi connectivity index (χ2v) is 5.30. The summed E-state index contributed by atoms with van der Waals surface area (Å²) in [4.78, 5) is 14.5. The van der Waals surface area contributed by atoms with Crippen LogP contribution in [-0.4, -0.2) is 19.5 Å². The zero-order valence-corrected chi connectivity index (χ0v) is 11.6. The Balaban J connectivity index is 1.68. The van der Waals surface area contributed by atoms with Gasteiger partial charge in [-0.2, -0.15) is 0 Å². The highest BCUT2D eigenvalue weighted by molar-refractivity contribution is 5.50. The minimum Gasteiger partial charge on any atom is -0.360 e. The predicted molar refractivity (Wildman–Crippen MR) is 80.8 cm³/mol. The number of nitrogens with zero attached hydrogens (tertiary/aromatic N) is 4. The maximum atomic E-state index is 11.0. The average Bonchev–Trinajstić information content (AvgIpc) is 3.11. The highest BCUT2D eigenvalue weighted by atomic mass is 16.6. The first-order valence-electron chi connectivity index (χ1n) is 7.06. The van der Waals surface area contributed by atoms with E-state index in [1.165, 1.54) is 21.8 Å². The summed E-state index contributed by atoms with van der Waals surface area (Å²) >= 11 is 0. The zero-order valence-electron chi connectivity index (χ0n) is 11.6. The molecule has 7 nitrogen and oxygen atoms in total. The van der Waals surface area contributed by atoms with Crippen molar-refractivity contribution >= 4 is 17.3 Å². The molecule has 1 aromatic carbocycles. The van der Waals surface area contributed by atoms with Crippen LogP contribution in [-0.2, 0) is 6.42 Å². The van der Waals surface area contributed by atoms with Gasteiger partial charge in [-0.1, -0.05) is 33.9 Å². The number of hydrogen-bond donors (Lipinski definition) is 1. The van der Waals surface area contributed by atoms with Gasteiger partial charge in [0.2, 0.25) is 5.65 Å². The number of fused-ring (bicyclic) bond motifs is 2. The number of aryl methyl sites for hydroxylation is 1. The van der Waals surface area contributed by atoms with E-state index in [4.69, 9.17) is 0 Å². The summed E-state index contributed by atoms with van der Waals surface area (Å²) in [6, 6.07) is 12.0. The summed E-state index contributed by atoms with van der Waals surface area (Å²) in [7, 11) is 0. The number of aromatic nitrogens is 3. The lowest BCUT2D eigenvalue weighted by molar-refractivity contribution is -0.391. The van der Waals surface area contributed by atoms with Crippen LogP contribution < -0.4 is 5.32 Å². The summed E-state index contributed by atoms with van der Waals surface area (Å²) < 4.78 is 1.25. The van der Waals surface area contributed by atoms with E-state index in [-0.39, 0.29) is 11.9 Å². The fourth-order valence-electron chi connectivity index (χ4n) is 2.95. The molecule has 4 rings (SSSR count). The number of imidazole rings is 1. The molecule has 22 heavy (non-hydrogen) atoms. The van der Waals surface area contributed by atoms with Gasteiger partial charge < -0.3 is 15.4 Å². The smallest absolute Gasteiger partial charge is 0.360 e. The molecule has 2 aromatic heterocycles. The quantitative estimate of drug-likeness (QED) is 0.593. The molecule has 0 saturated carbocycles. The number of nitrogens with one attached hydrogen (secondary N) is 1. The number of rotatable bonds is 3. The maximum absolute atomic E-state index is 11.0. The lowest BCUT2D eigenvalue weighted by Crippen LogP contribution is -2.10. The fourth-order valence-corrected chi connectivity index (χ4v) is 2.95. The molecule has 1 N–H and O–H groups in total. The molecule has 110 valence electrons. The average molecular weight is 295 g/mol. The van der Waals surface area contributed by atoms with Crippen molar-refractivity contribution in [1.29, 1.82) is 0 Å². The van der Waals surface area contributed by atoms with Crippen LogP contribution >= 0.6 is 0 Å². The van der Waals surface area contributed by atoms with Crippen molar-refractivity contribution < 1.29 is 4.92 Å². The van der Waals surface area contributed by atoms with Crippen LogP contribution in [0.2, 0.25) is 0 Å². The summed E-state index contributed by atoms with van der Waals surface area (Å²) in [5.74, 6) is 0.473. The number of hydrogen-bond acceptors (Lipinski definition) is 5. The van der Waals surface area contributed by atoms with Gasteiger partial charge in [0.1, 0.15) is 6.20 Å². The first-order valence-corrected chi connectivity index (χ1v) is 7.06. The minimum absolute atomic E-state index is 0.134. The van der Waals surface area contributed by atoms with Crippen molar-refractivity contribution in [2.45, 2.75) is 18.9 Å². The monoisotopic (exact) mass is 295 g/mol. The largest absolute Gasteiger partial charge is 0.368 e. The van der Waals surface area contributed by atoms with Gasteiger partial charge in [-0.25, -0.2) is 4.98 Å². The van der Waals surface area contributed by atoms with Crippen molar-refractivity contribution in [2.75, 3.05) is 5.32 Å².